The number of nitrogens with zero attached hydrogens (tertiary/aromatic N) is 2. The van der Waals surface area contributed by atoms with Crippen LogP contribution in [0.4, 0.5) is 0 Å². The minimum Gasteiger partial charge on any atom is -0.335 e. The summed E-state index contributed by atoms with van der Waals surface area (Å²) in [5.74, 6) is 0. The molecule has 0 saturated heterocycles. The lowest BCUT2D eigenvalue weighted by Crippen LogP contribution is -1.88. The van der Waals surface area contributed by atoms with E-state index in [0.29, 0.717) is 0 Å². The molecule has 54 valence electrons. The lowest BCUT2D eigenvalue weighted by atomic mass is 10.5. The van der Waals surface area contributed by atoms with Gasteiger partial charge in [-0.1, -0.05) is 0 Å². The largest absolute Gasteiger partial charge is 0.335 e. The number of rotatable bonds is 0. The highest BCUT2D eigenvalue weighted by Gasteiger charge is 2.04. The fourth-order valence-electron chi connectivity index (χ4n) is 1.16. The third-order valence-corrected chi connectivity index (χ3v) is 2.63. The quantitative estimate of drug-likeness (QED) is 0.583. The van der Waals surface area contributed by atoms with Crippen molar-refractivity contribution in [1.29, 1.82) is 5.26 Å². The Kier molecular flexibility index (Phi) is 1.23. The van der Waals surface area contributed by atoms with Gasteiger partial charge in [-0.15, -0.1) is 11.3 Å². The van der Waals surface area contributed by atoms with Gasteiger partial charge in [-0.3, -0.25) is 0 Å². The van der Waals surface area contributed by atoms with Gasteiger partial charge in [0.05, 0.1) is 10.2 Å². The minimum atomic E-state index is 0.729. The molecular formula is C8H6N2S. The Morgan fingerprint density at radius 1 is 1.64 bits per heavy atom. The van der Waals surface area contributed by atoms with Crippen molar-refractivity contribution in [3.63, 3.8) is 0 Å². The molecule has 0 saturated carbocycles. The van der Waals surface area contributed by atoms with Crippen LogP contribution < -0.4 is 0 Å². The van der Waals surface area contributed by atoms with E-state index in [9.17, 15) is 0 Å². The fraction of sp³-hybridized carbons (Fsp3) is 0.125. The number of aromatic nitrogens is 1. The smallest absolute Gasteiger partial charge is 0.121 e. The first-order valence-corrected chi connectivity index (χ1v) is 4.14. The van der Waals surface area contributed by atoms with E-state index in [1.807, 2.05) is 29.1 Å². The molecule has 0 spiro atoms. The second kappa shape index (κ2) is 2.11. The SMILES string of the molecule is Cn1c(C#N)cc2sccc21. The van der Waals surface area contributed by atoms with Gasteiger partial charge in [0.1, 0.15) is 11.8 Å². The highest BCUT2D eigenvalue weighted by atomic mass is 32.1. The Balaban J connectivity index is 2.90. The van der Waals surface area contributed by atoms with Gasteiger partial charge in [0.15, 0.2) is 0 Å². The lowest BCUT2D eigenvalue weighted by Gasteiger charge is -1.91. The fourth-order valence-corrected chi connectivity index (χ4v) is 2.01. The maximum atomic E-state index is 8.67. The molecule has 11 heavy (non-hydrogen) atoms. The predicted octanol–water partition coefficient (Wildman–Crippen LogP) is 2.11. The molecule has 2 aromatic heterocycles. The summed E-state index contributed by atoms with van der Waals surface area (Å²) in [4.78, 5) is 0. The van der Waals surface area contributed by atoms with Crippen LogP contribution in [0, 0.1) is 11.3 Å². The zero-order valence-electron chi connectivity index (χ0n) is 6.03. The zero-order valence-corrected chi connectivity index (χ0v) is 6.85. The summed E-state index contributed by atoms with van der Waals surface area (Å²) in [6.07, 6.45) is 0. The van der Waals surface area contributed by atoms with Gasteiger partial charge < -0.3 is 4.57 Å². The molecule has 0 aliphatic heterocycles. The van der Waals surface area contributed by atoms with E-state index in [2.05, 4.69) is 6.07 Å². The molecule has 0 fully saturated rings. The molecule has 0 N–H and O–H groups in total. The first-order chi connectivity index (χ1) is 5.33. The van der Waals surface area contributed by atoms with Gasteiger partial charge in [-0.25, -0.2) is 0 Å². The first kappa shape index (κ1) is 6.44. The molecule has 2 nitrogen and oxygen atoms in total. The van der Waals surface area contributed by atoms with Gasteiger partial charge in [-0.2, -0.15) is 5.26 Å². The number of hydrogen-bond donors (Lipinski definition) is 0. The van der Waals surface area contributed by atoms with E-state index in [4.69, 9.17) is 5.26 Å². The molecule has 2 aromatic rings. The summed E-state index contributed by atoms with van der Waals surface area (Å²) in [7, 11) is 1.91. The zero-order chi connectivity index (χ0) is 7.84. The summed E-state index contributed by atoms with van der Waals surface area (Å²) in [6.45, 7) is 0. The number of thiophene rings is 1. The second-order valence-electron chi connectivity index (χ2n) is 2.37. The lowest BCUT2D eigenvalue weighted by molar-refractivity contribution is 0.948. The Bertz CT molecular complexity index is 430. The standard InChI is InChI=1S/C8H6N2S/c1-10-6(5-9)4-8-7(10)2-3-11-8/h2-4H,1H3. The van der Waals surface area contributed by atoms with Gasteiger partial charge >= 0.3 is 0 Å². The van der Waals surface area contributed by atoms with Crippen molar-refractivity contribution in [3.05, 3.63) is 23.2 Å². The second-order valence-corrected chi connectivity index (χ2v) is 3.32. The van der Waals surface area contributed by atoms with Crippen LogP contribution in [0.5, 0.6) is 0 Å². The average molecular weight is 162 g/mol. The van der Waals surface area contributed by atoms with Crippen molar-refractivity contribution in [2.24, 2.45) is 7.05 Å². The molecule has 2 heterocycles. The summed E-state index contributed by atoms with van der Waals surface area (Å²) in [6, 6.07) is 6.09. The van der Waals surface area contributed by atoms with Crippen LogP contribution in [0.2, 0.25) is 0 Å². The molecule has 0 unspecified atom stereocenters. The number of fused-ring (bicyclic) bond motifs is 1. The van der Waals surface area contributed by atoms with Crippen molar-refractivity contribution in [2.45, 2.75) is 0 Å². The molecule has 0 atom stereocenters. The predicted molar refractivity (Wildman–Crippen MR) is 45.5 cm³/mol. The molecule has 0 aliphatic carbocycles. The van der Waals surface area contributed by atoms with E-state index >= 15 is 0 Å². The Morgan fingerprint density at radius 3 is 3.09 bits per heavy atom. The van der Waals surface area contributed by atoms with Crippen LogP contribution in [-0.2, 0) is 7.05 Å². The van der Waals surface area contributed by atoms with Gasteiger partial charge in [0, 0.05) is 7.05 Å². The molecular weight excluding hydrogens is 156 g/mol. The molecule has 3 heteroatoms. The maximum Gasteiger partial charge on any atom is 0.121 e. The highest BCUT2D eigenvalue weighted by Crippen LogP contribution is 2.23. The van der Waals surface area contributed by atoms with Gasteiger partial charge in [0.25, 0.3) is 0 Å². The van der Waals surface area contributed by atoms with Crippen molar-refractivity contribution >= 4 is 21.6 Å². The summed E-state index contributed by atoms with van der Waals surface area (Å²) >= 11 is 1.67. The summed E-state index contributed by atoms with van der Waals surface area (Å²) in [5, 5.41) is 10.7. The van der Waals surface area contributed by atoms with E-state index in [1.165, 1.54) is 4.70 Å². The van der Waals surface area contributed by atoms with E-state index in [-0.39, 0.29) is 0 Å². The van der Waals surface area contributed by atoms with Crippen molar-refractivity contribution in [2.75, 3.05) is 0 Å². The molecule has 0 aliphatic rings. The Labute approximate surface area is 68.3 Å². The molecule has 0 aromatic carbocycles. The van der Waals surface area contributed by atoms with E-state index in [1.54, 1.807) is 11.3 Å². The Morgan fingerprint density at radius 2 is 2.45 bits per heavy atom. The van der Waals surface area contributed by atoms with Gasteiger partial charge in [-0.05, 0) is 17.5 Å². The molecule has 0 bridgehead atoms. The highest BCUT2D eigenvalue weighted by molar-refractivity contribution is 7.17. The maximum absolute atomic E-state index is 8.67. The number of nitriles is 1. The van der Waals surface area contributed by atoms with E-state index < -0.39 is 0 Å². The topological polar surface area (TPSA) is 28.7 Å². The minimum absolute atomic E-state index is 0.729. The van der Waals surface area contributed by atoms with Gasteiger partial charge in [0.2, 0.25) is 0 Å². The summed E-state index contributed by atoms with van der Waals surface area (Å²) in [5.41, 5.74) is 1.87. The normalized spacial score (nSPS) is 10.2. The molecule has 2 rings (SSSR count). The molecule has 0 radical (unpaired) electrons. The van der Waals surface area contributed by atoms with Crippen LogP contribution in [0.25, 0.3) is 10.2 Å². The van der Waals surface area contributed by atoms with Crippen LogP contribution in [-0.4, -0.2) is 4.57 Å². The van der Waals surface area contributed by atoms with Crippen LogP contribution in [0.3, 0.4) is 0 Å². The van der Waals surface area contributed by atoms with Crippen molar-refractivity contribution in [1.82, 2.24) is 4.57 Å². The van der Waals surface area contributed by atoms with E-state index in [0.717, 1.165) is 11.2 Å². The summed E-state index contributed by atoms with van der Waals surface area (Å²) < 4.78 is 3.09. The van der Waals surface area contributed by atoms with Crippen LogP contribution >= 0.6 is 11.3 Å². The average Bonchev–Trinajstić information content (AvgIpc) is 2.53. The third-order valence-electron chi connectivity index (χ3n) is 1.78. The van der Waals surface area contributed by atoms with Crippen LogP contribution in [0.1, 0.15) is 5.69 Å². The number of hydrogen-bond acceptors (Lipinski definition) is 2. The molecule has 0 amide bonds. The van der Waals surface area contributed by atoms with Crippen molar-refractivity contribution < 1.29 is 0 Å². The third kappa shape index (κ3) is 0.765. The number of aryl methyl sites for hydroxylation is 1. The van der Waals surface area contributed by atoms with Crippen molar-refractivity contribution in [3.8, 4) is 6.07 Å². The Hall–Kier alpha value is -1.27. The first-order valence-electron chi connectivity index (χ1n) is 3.26. The monoisotopic (exact) mass is 162 g/mol. The van der Waals surface area contributed by atoms with Crippen LogP contribution in [0.15, 0.2) is 17.5 Å².